The molecular weight excluding hydrogens is 296 g/mol. The fourth-order valence-corrected chi connectivity index (χ4v) is 2.98. The van der Waals surface area contributed by atoms with Gasteiger partial charge in [-0.25, -0.2) is 0 Å². The van der Waals surface area contributed by atoms with Crippen LogP contribution in [0, 0.1) is 12.8 Å². The maximum atomic E-state index is 5.55. The quantitative estimate of drug-likeness (QED) is 0.641. The van der Waals surface area contributed by atoms with E-state index in [2.05, 4.69) is 58.0 Å². The Hall–Kier alpha value is -1.12. The molecule has 0 amide bonds. The number of allylic oxidation sites excluding steroid dienone is 2. The summed E-state index contributed by atoms with van der Waals surface area (Å²) >= 11 is 0. The zero-order valence-corrected chi connectivity index (χ0v) is 16.3. The smallest absolute Gasteiger partial charge is 0.0622 e. The van der Waals surface area contributed by atoms with Crippen molar-refractivity contribution in [3.8, 4) is 0 Å². The number of rotatable bonds is 5. The highest BCUT2D eigenvalue weighted by atomic mass is 16.5. The summed E-state index contributed by atoms with van der Waals surface area (Å²) in [4.78, 5) is 0. The average molecular weight is 333 g/mol. The first kappa shape index (κ1) is 20.9. The predicted octanol–water partition coefficient (Wildman–Crippen LogP) is 5.73. The molecule has 1 aromatic carbocycles. The van der Waals surface area contributed by atoms with Crippen LogP contribution < -0.4 is 0 Å². The molecule has 2 nitrogen and oxygen atoms in total. The summed E-state index contributed by atoms with van der Waals surface area (Å²) in [6, 6.07) is 8.66. The van der Waals surface area contributed by atoms with Crippen LogP contribution in [-0.4, -0.2) is 26.4 Å². The van der Waals surface area contributed by atoms with Gasteiger partial charge in [0, 0.05) is 20.3 Å². The lowest BCUT2D eigenvalue weighted by Crippen LogP contribution is -2.22. The van der Waals surface area contributed by atoms with Crippen molar-refractivity contribution in [2.24, 2.45) is 5.92 Å². The Morgan fingerprint density at radius 1 is 1.21 bits per heavy atom. The maximum absolute atomic E-state index is 5.55. The molecule has 0 spiro atoms. The normalized spacial score (nSPS) is 21.6. The van der Waals surface area contributed by atoms with Crippen LogP contribution in [0.15, 0.2) is 35.9 Å². The van der Waals surface area contributed by atoms with Gasteiger partial charge in [-0.15, -0.1) is 0 Å². The number of hydrogen-bond donors (Lipinski definition) is 0. The molecule has 0 bridgehead atoms. The minimum absolute atomic E-state index is 0.400. The van der Waals surface area contributed by atoms with E-state index >= 15 is 0 Å². The fraction of sp³-hybridized carbons (Fsp3) is 0.636. The monoisotopic (exact) mass is 332 g/mol. The SMILES string of the molecule is C/C=C(\C)CCC1CCOCCC1OC.CCc1ccc(C)cc1. The van der Waals surface area contributed by atoms with Gasteiger partial charge in [0.25, 0.3) is 0 Å². The lowest BCUT2D eigenvalue weighted by Gasteiger charge is -2.23. The average Bonchev–Trinajstić information content (AvgIpc) is 2.85. The highest BCUT2D eigenvalue weighted by Gasteiger charge is 2.23. The molecule has 0 aliphatic carbocycles. The fourth-order valence-electron chi connectivity index (χ4n) is 2.98. The van der Waals surface area contributed by atoms with Crippen LogP contribution in [0.4, 0.5) is 0 Å². The van der Waals surface area contributed by atoms with Gasteiger partial charge in [-0.05, 0) is 64.4 Å². The highest BCUT2D eigenvalue weighted by Crippen LogP contribution is 2.25. The van der Waals surface area contributed by atoms with Crippen molar-refractivity contribution in [2.45, 2.75) is 65.9 Å². The van der Waals surface area contributed by atoms with E-state index in [9.17, 15) is 0 Å². The molecule has 2 atom stereocenters. The van der Waals surface area contributed by atoms with E-state index in [1.807, 2.05) is 7.11 Å². The van der Waals surface area contributed by atoms with Crippen LogP contribution in [-0.2, 0) is 15.9 Å². The van der Waals surface area contributed by atoms with Gasteiger partial charge in [0.05, 0.1) is 6.10 Å². The largest absolute Gasteiger partial charge is 0.381 e. The van der Waals surface area contributed by atoms with E-state index in [0.717, 1.165) is 32.5 Å². The molecule has 0 N–H and O–H groups in total. The molecule has 1 aliphatic heterocycles. The molecule has 0 aromatic heterocycles. The molecule has 1 aliphatic rings. The van der Waals surface area contributed by atoms with E-state index in [1.54, 1.807) is 0 Å². The number of benzene rings is 1. The Labute approximate surface area is 149 Å². The summed E-state index contributed by atoms with van der Waals surface area (Å²) in [5.41, 5.74) is 4.24. The van der Waals surface area contributed by atoms with Crippen LogP contribution in [0.5, 0.6) is 0 Å². The van der Waals surface area contributed by atoms with Gasteiger partial charge in [-0.2, -0.15) is 0 Å². The summed E-state index contributed by atoms with van der Waals surface area (Å²) in [7, 11) is 1.82. The molecule has 24 heavy (non-hydrogen) atoms. The van der Waals surface area contributed by atoms with Gasteiger partial charge < -0.3 is 9.47 Å². The molecule has 2 rings (SSSR count). The molecule has 1 saturated heterocycles. The third kappa shape index (κ3) is 8.12. The number of methoxy groups -OCH3 is 1. The highest BCUT2D eigenvalue weighted by molar-refractivity contribution is 5.20. The topological polar surface area (TPSA) is 18.5 Å². The van der Waals surface area contributed by atoms with Gasteiger partial charge in [0.2, 0.25) is 0 Å². The van der Waals surface area contributed by atoms with E-state index in [4.69, 9.17) is 9.47 Å². The van der Waals surface area contributed by atoms with Crippen LogP contribution in [0.25, 0.3) is 0 Å². The Morgan fingerprint density at radius 2 is 1.88 bits per heavy atom. The van der Waals surface area contributed by atoms with Crippen LogP contribution in [0.1, 0.15) is 57.6 Å². The summed E-state index contributed by atoms with van der Waals surface area (Å²) in [5.74, 6) is 0.674. The van der Waals surface area contributed by atoms with Gasteiger partial charge in [-0.3, -0.25) is 0 Å². The van der Waals surface area contributed by atoms with Crippen molar-refractivity contribution < 1.29 is 9.47 Å². The molecule has 0 radical (unpaired) electrons. The number of ether oxygens (including phenoxy) is 2. The van der Waals surface area contributed by atoms with Crippen LogP contribution in [0.2, 0.25) is 0 Å². The van der Waals surface area contributed by atoms with Gasteiger partial charge >= 0.3 is 0 Å². The molecule has 1 heterocycles. The minimum Gasteiger partial charge on any atom is -0.381 e. The Kier molecular flexibility index (Phi) is 10.7. The molecule has 136 valence electrons. The maximum Gasteiger partial charge on any atom is 0.0622 e. The van der Waals surface area contributed by atoms with E-state index in [1.165, 1.54) is 29.5 Å². The van der Waals surface area contributed by atoms with Crippen molar-refractivity contribution in [1.82, 2.24) is 0 Å². The molecular formula is C22H36O2. The lowest BCUT2D eigenvalue weighted by molar-refractivity contribution is 0.0432. The summed E-state index contributed by atoms with van der Waals surface area (Å²) in [6.07, 6.45) is 8.37. The van der Waals surface area contributed by atoms with Crippen LogP contribution in [0.3, 0.4) is 0 Å². The number of hydrogen-bond acceptors (Lipinski definition) is 2. The molecule has 2 heteroatoms. The van der Waals surface area contributed by atoms with Gasteiger partial charge in [0.1, 0.15) is 0 Å². The van der Waals surface area contributed by atoms with E-state index in [0.29, 0.717) is 12.0 Å². The summed E-state index contributed by atoms with van der Waals surface area (Å²) < 4.78 is 11.0. The lowest BCUT2D eigenvalue weighted by atomic mass is 9.91. The third-order valence-electron chi connectivity index (χ3n) is 4.94. The zero-order chi connectivity index (χ0) is 17.8. The second-order valence-electron chi connectivity index (χ2n) is 6.74. The minimum atomic E-state index is 0.400. The van der Waals surface area contributed by atoms with Gasteiger partial charge in [-0.1, -0.05) is 48.4 Å². The number of aryl methyl sites for hydroxylation is 2. The zero-order valence-electron chi connectivity index (χ0n) is 16.3. The van der Waals surface area contributed by atoms with Crippen molar-refractivity contribution in [3.05, 3.63) is 47.0 Å². The van der Waals surface area contributed by atoms with Crippen LogP contribution >= 0.6 is 0 Å². The predicted molar refractivity (Wildman–Crippen MR) is 104 cm³/mol. The molecule has 1 aromatic rings. The van der Waals surface area contributed by atoms with Crippen molar-refractivity contribution in [1.29, 1.82) is 0 Å². The van der Waals surface area contributed by atoms with Gasteiger partial charge in [0.15, 0.2) is 0 Å². The second-order valence-corrected chi connectivity index (χ2v) is 6.74. The second kappa shape index (κ2) is 12.3. The molecule has 0 saturated carbocycles. The Morgan fingerprint density at radius 3 is 2.46 bits per heavy atom. The first-order valence-electron chi connectivity index (χ1n) is 9.38. The third-order valence-corrected chi connectivity index (χ3v) is 4.94. The van der Waals surface area contributed by atoms with E-state index < -0.39 is 0 Å². The first-order valence-corrected chi connectivity index (χ1v) is 9.38. The van der Waals surface area contributed by atoms with E-state index in [-0.39, 0.29) is 0 Å². The van der Waals surface area contributed by atoms with Crippen molar-refractivity contribution in [3.63, 3.8) is 0 Å². The van der Waals surface area contributed by atoms with Crippen molar-refractivity contribution >= 4 is 0 Å². The Balaban J connectivity index is 0.000000272. The summed E-state index contributed by atoms with van der Waals surface area (Å²) in [5, 5.41) is 0. The standard InChI is InChI=1S/C13H24O2.C9H12/c1-4-11(2)5-6-12-7-9-15-10-8-13(12)14-3;1-3-9-6-4-8(2)5-7-9/h4,12-13H,5-10H2,1-3H3;4-7H,3H2,1-2H3/b11-4+;. The summed E-state index contributed by atoms with van der Waals surface area (Å²) in [6.45, 7) is 10.4. The Bertz CT molecular complexity index is 461. The molecule has 2 unspecified atom stereocenters. The first-order chi connectivity index (χ1) is 11.6. The van der Waals surface area contributed by atoms with Crippen molar-refractivity contribution in [2.75, 3.05) is 20.3 Å². The molecule has 1 fully saturated rings.